The Balaban J connectivity index is 1.45. The van der Waals surface area contributed by atoms with Gasteiger partial charge in [-0.05, 0) is 73.0 Å². The first-order valence-electron chi connectivity index (χ1n) is 9.82. The average molecular weight is 356 g/mol. The van der Waals surface area contributed by atoms with Crippen molar-refractivity contribution >= 4 is 5.69 Å². The van der Waals surface area contributed by atoms with Crippen molar-refractivity contribution in [2.45, 2.75) is 24.8 Å². The molecule has 3 aromatic carbocycles. The maximum absolute atomic E-state index is 5.94. The van der Waals surface area contributed by atoms with Crippen LogP contribution < -0.4 is 15.4 Å². The Labute approximate surface area is 160 Å². The van der Waals surface area contributed by atoms with Crippen LogP contribution >= 0.6 is 0 Å². The molecule has 0 amide bonds. The van der Waals surface area contributed by atoms with Gasteiger partial charge in [0.1, 0.15) is 11.5 Å². The fourth-order valence-corrected chi connectivity index (χ4v) is 4.43. The standard InChI is InChI=1S/C24H24N2O/c1-2-5-18(6-3-1)27-19-11-9-17(10-12-19)20-7-4-8-23-24(20)21-13-15-25-16-14-22(21)26-23/h1-12,21-22,25-26H,13-16H2/t21-,22+/m1/s1. The zero-order valence-electron chi connectivity index (χ0n) is 15.3. The van der Waals surface area contributed by atoms with Gasteiger partial charge in [0, 0.05) is 17.6 Å². The third-order valence-corrected chi connectivity index (χ3v) is 5.71. The summed E-state index contributed by atoms with van der Waals surface area (Å²) < 4.78 is 5.94. The molecule has 0 bridgehead atoms. The van der Waals surface area contributed by atoms with Crippen LogP contribution in [0.25, 0.3) is 11.1 Å². The van der Waals surface area contributed by atoms with Gasteiger partial charge < -0.3 is 15.4 Å². The highest BCUT2D eigenvalue weighted by Crippen LogP contribution is 2.45. The van der Waals surface area contributed by atoms with Gasteiger partial charge in [-0.2, -0.15) is 0 Å². The lowest BCUT2D eigenvalue weighted by Crippen LogP contribution is -2.21. The normalized spacial score (nSPS) is 20.9. The van der Waals surface area contributed by atoms with E-state index < -0.39 is 0 Å². The molecule has 3 nitrogen and oxygen atoms in total. The highest BCUT2D eigenvalue weighted by atomic mass is 16.5. The Morgan fingerprint density at radius 2 is 1.52 bits per heavy atom. The highest BCUT2D eigenvalue weighted by molar-refractivity contribution is 5.78. The van der Waals surface area contributed by atoms with Crippen molar-refractivity contribution < 1.29 is 4.74 Å². The summed E-state index contributed by atoms with van der Waals surface area (Å²) in [7, 11) is 0. The van der Waals surface area contributed by atoms with E-state index in [1.54, 1.807) is 0 Å². The lowest BCUT2D eigenvalue weighted by atomic mass is 9.86. The third-order valence-electron chi connectivity index (χ3n) is 5.71. The van der Waals surface area contributed by atoms with Crippen LogP contribution in [0.15, 0.2) is 72.8 Å². The number of rotatable bonds is 3. The molecule has 2 atom stereocenters. The van der Waals surface area contributed by atoms with Gasteiger partial charge in [0.15, 0.2) is 0 Å². The quantitative estimate of drug-likeness (QED) is 0.658. The molecule has 3 heteroatoms. The van der Waals surface area contributed by atoms with Crippen LogP contribution in [0.4, 0.5) is 5.69 Å². The summed E-state index contributed by atoms with van der Waals surface area (Å²) in [5.74, 6) is 2.32. The highest BCUT2D eigenvalue weighted by Gasteiger charge is 2.34. The molecule has 0 aliphatic carbocycles. The Hall–Kier alpha value is -2.78. The Morgan fingerprint density at radius 1 is 0.741 bits per heavy atom. The van der Waals surface area contributed by atoms with E-state index in [1.165, 1.54) is 35.2 Å². The van der Waals surface area contributed by atoms with Crippen LogP contribution in [0.1, 0.15) is 24.3 Å². The Morgan fingerprint density at radius 3 is 2.37 bits per heavy atom. The molecule has 136 valence electrons. The fourth-order valence-electron chi connectivity index (χ4n) is 4.43. The molecule has 0 saturated carbocycles. The van der Waals surface area contributed by atoms with Crippen LogP contribution in [0.5, 0.6) is 11.5 Å². The smallest absolute Gasteiger partial charge is 0.127 e. The Kier molecular flexibility index (Phi) is 4.30. The predicted octanol–water partition coefficient (Wildman–Crippen LogP) is 5.41. The average Bonchev–Trinajstić information content (AvgIpc) is 2.91. The van der Waals surface area contributed by atoms with Crippen molar-refractivity contribution in [1.82, 2.24) is 5.32 Å². The molecule has 0 aromatic heterocycles. The number of ether oxygens (including phenoxy) is 1. The molecular weight excluding hydrogens is 332 g/mol. The largest absolute Gasteiger partial charge is 0.457 e. The summed E-state index contributed by atoms with van der Waals surface area (Å²) in [6.07, 6.45) is 2.37. The minimum Gasteiger partial charge on any atom is -0.457 e. The van der Waals surface area contributed by atoms with E-state index in [2.05, 4.69) is 53.1 Å². The molecule has 0 spiro atoms. The molecular formula is C24H24N2O. The van der Waals surface area contributed by atoms with Crippen molar-refractivity contribution in [2.24, 2.45) is 0 Å². The molecule has 27 heavy (non-hydrogen) atoms. The van der Waals surface area contributed by atoms with Gasteiger partial charge in [-0.1, -0.05) is 42.5 Å². The SMILES string of the molecule is c1ccc(Oc2ccc(-c3cccc4c3[C@@H]3CCNCC[C@@H]3N4)cc2)cc1. The van der Waals surface area contributed by atoms with E-state index in [4.69, 9.17) is 4.74 Å². The number of hydrogen-bond donors (Lipinski definition) is 2. The molecule has 1 fully saturated rings. The second-order valence-corrected chi connectivity index (χ2v) is 7.39. The molecule has 0 radical (unpaired) electrons. The minimum absolute atomic E-state index is 0.553. The second-order valence-electron chi connectivity index (χ2n) is 7.39. The number of hydrogen-bond acceptors (Lipinski definition) is 3. The first kappa shape index (κ1) is 16.4. The van der Waals surface area contributed by atoms with Gasteiger partial charge in [0.25, 0.3) is 0 Å². The third kappa shape index (κ3) is 3.19. The van der Waals surface area contributed by atoms with E-state index in [9.17, 15) is 0 Å². The molecule has 2 heterocycles. The van der Waals surface area contributed by atoms with E-state index in [-0.39, 0.29) is 0 Å². The van der Waals surface area contributed by atoms with Crippen molar-refractivity contribution in [1.29, 1.82) is 0 Å². The van der Waals surface area contributed by atoms with Crippen molar-refractivity contribution in [3.8, 4) is 22.6 Å². The van der Waals surface area contributed by atoms with E-state index in [0.29, 0.717) is 12.0 Å². The van der Waals surface area contributed by atoms with E-state index in [0.717, 1.165) is 24.6 Å². The summed E-state index contributed by atoms with van der Waals surface area (Å²) >= 11 is 0. The molecule has 0 unspecified atom stereocenters. The molecule has 2 aliphatic rings. The molecule has 3 aromatic rings. The first-order chi connectivity index (χ1) is 13.4. The van der Waals surface area contributed by atoms with Gasteiger partial charge >= 0.3 is 0 Å². The number of anilines is 1. The zero-order chi connectivity index (χ0) is 18.1. The number of para-hydroxylation sites is 1. The first-order valence-corrected chi connectivity index (χ1v) is 9.82. The maximum atomic E-state index is 5.94. The summed E-state index contributed by atoms with van der Waals surface area (Å²) in [4.78, 5) is 0. The number of fused-ring (bicyclic) bond motifs is 3. The minimum atomic E-state index is 0.553. The van der Waals surface area contributed by atoms with Gasteiger partial charge in [0.2, 0.25) is 0 Å². The monoisotopic (exact) mass is 356 g/mol. The topological polar surface area (TPSA) is 33.3 Å². The second kappa shape index (κ2) is 7.09. The predicted molar refractivity (Wildman–Crippen MR) is 111 cm³/mol. The molecule has 2 aliphatic heterocycles. The molecule has 1 saturated heterocycles. The van der Waals surface area contributed by atoms with Gasteiger partial charge in [-0.15, -0.1) is 0 Å². The van der Waals surface area contributed by atoms with Gasteiger partial charge in [-0.25, -0.2) is 0 Å². The van der Waals surface area contributed by atoms with Crippen LogP contribution in [-0.2, 0) is 0 Å². The summed E-state index contributed by atoms with van der Waals surface area (Å²) in [6, 6.07) is 25.6. The number of benzene rings is 3. The van der Waals surface area contributed by atoms with E-state index >= 15 is 0 Å². The van der Waals surface area contributed by atoms with Crippen molar-refractivity contribution in [3.05, 3.63) is 78.4 Å². The fraction of sp³-hybridized carbons (Fsp3) is 0.250. The summed E-state index contributed by atoms with van der Waals surface area (Å²) in [5, 5.41) is 7.31. The molecule has 5 rings (SSSR count). The lowest BCUT2D eigenvalue weighted by Gasteiger charge is -2.18. The van der Waals surface area contributed by atoms with Crippen molar-refractivity contribution in [2.75, 3.05) is 18.4 Å². The van der Waals surface area contributed by atoms with Gasteiger partial charge in [-0.3, -0.25) is 0 Å². The van der Waals surface area contributed by atoms with Crippen LogP contribution in [0.2, 0.25) is 0 Å². The van der Waals surface area contributed by atoms with Crippen LogP contribution in [-0.4, -0.2) is 19.1 Å². The van der Waals surface area contributed by atoms with Crippen LogP contribution in [0, 0.1) is 0 Å². The summed E-state index contributed by atoms with van der Waals surface area (Å²) in [5.41, 5.74) is 5.41. The molecule has 2 N–H and O–H groups in total. The zero-order valence-corrected chi connectivity index (χ0v) is 15.3. The lowest BCUT2D eigenvalue weighted by molar-refractivity contribution is 0.483. The van der Waals surface area contributed by atoms with Gasteiger partial charge in [0.05, 0.1) is 0 Å². The van der Waals surface area contributed by atoms with E-state index in [1.807, 2.05) is 30.3 Å². The summed E-state index contributed by atoms with van der Waals surface area (Å²) in [6.45, 7) is 2.20. The Bertz CT molecular complexity index is 921. The van der Waals surface area contributed by atoms with Crippen molar-refractivity contribution in [3.63, 3.8) is 0 Å². The van der Waals surface area contributed by atoms with Crippen LogP contribution in [0.3, 0.4) is 0 Å². The number of nitrogens with one attached hydrogen (secondary N) is 2. The maximum Gasteiger partial charge on any atom is 0.127 e.